The number of rotatable bonds is 3. The fourth-order valence-corrected chi connectivity index (χ4v) is 2.02. The highest BCUT2D eigenvalue weighted by molar-refractivity contribution is 14.1. The number of likely N-dealkylation sites (N-methyl/N-ethyl adjacent to an activating group) is 1. The standard InChI is InChI=1S/C10H12ClIN2O/c1-14(2)10(15)6-13-9-4-3-7(11)5-8(9)12/h3-5,13H,6H2,1-2H3. The summed E-state index contributed by atoms with van der Waals surface area (Å²) in [6, 6.07) is 5.52. The zero-order valence-electron chi connectivity index (χ0n) is 8.55. The van der Waals surface area contributed by atoms with Crippen LogP contribution in [0.5, 0.6) is 0 Å². The van der Waals surface area contributed by atoms with E-state index in [0.29, 0.717) is 11.6 Å². The van der Waals surface area contributed by atoms with Crippen molar-refractivity contribution in [3.63, 3.8) is 0 Å². The number of halogens is 2. The van der Waals surface area contributed by atoms with Crippen LogP contribution in [0.2, 0.25) is 5.02 Å². The SMILES string of the molecule is CN(C)C(=O)CNc1ccc(Cl)cc1I. The van der Waals surface area contributed by atoms with E-state index in [1.165, 1.54) is 0 Å². The van der Waals surface area contributed by atoms with Gasteiger partial charge in [0.05, 0.1) is 6.54 Å². The van der Waals surface area contributed by atoms with Gasteiger partial charge in [0.1, 0.15) is 0 Å². The van der Waals surface area contributed by atoms with Crippen LogP contribution in [-0.4, -0.2) is 31.4 Å². The molecule has 0 radical (unpaired) electrons. The number of nitrogens with zero attached hydrogens (tertiary/aromatic N) is 1. The molecule has 0 heterocycles. The van der Waals surface area contributed by atoms with Crippen LogP contribution in [0.3, 0.4) is 0 Å². The molecule has 0 aliphatic heterocycles. The van der Waals surface area contributed by atoms with Crippen molar-refractivity contribution >= 4 is 45.8 Å². The summed E-state index contributed by atoms with van der Waals surface area (Å²) in [7, 11) is 3.47. The second-order valence-electron chi connectivity index (χ2n) is 3.27. The molecule has 1 rings (SSSR count). The Kier molecular flexibility index (Phi) is 4.66. The van der Waals surface area contributed by atoms with Crippen LogP contribution < -0.4 is 5.32 Å². The van der Waals surface area contributed by atoms with E-state index in [1.54, 1.807) is 25.1 Å². The molecule has 5 heteroatoms. The number of nitrogens with one attached hydrogen (secondary N) is 1. The van der Waals surface area contributed by atoms with Gasteiger partial charge >= 0.3 is 0 Å². The predicted molar refractivity (Wildman–Crippen MR) is 71.4 cm³/mol. The molecule has 3 nitrogen and oxygen atoms in total. The minimum absolute atomic E-state index is 0.0424. The van der Waals surface area contributed by atoms with Crippen LogP contribution in [0.25, 0.3) is 0 Å². The van der Waals surface area contributed by atoms with Crippen LogP contribution in [0.1, 0.15) is 0 Å². The van der Waals surface area contributed by atoms with E-state index in [0.717, 1.165) is 9.26 Å². The number of amides is 1. The van der Waals surface area contributed by atoms with Gasteiger partial charge in [0.2, 0.25) is 5.91 Å². The van der Waals surface area contributed by atoms with Gasteiger partial charge in [-0.2, -0.15) is 0 Å². The molecule has 0 saturated heterocycles. The van der Waals surface area contributed by atoms with Crippen LogP contribution in [0.15, 0.2) is 18.2 Å². The van der Waals surface area contributed by atoms with Gasteiger partial charge in [-0.1, -0.05) is 11.6 Å². The van der Waals surface area contributed by atoms with E-state index < -0.39 is 0 Å². The first-order valence-corrected chi connectivity index (χ1v) is 5.85. The Labute approximate surface area is 108 Å². The summed E-state index contributed by atoms with van der Waals surface area (Å²) in [5.74, 6) is 0.0424. The third-order valence-corrected chi connectivity index (χ3v) is 2.99. The lowest BCUT2D eigenvalue weighted by Gasteiger charge is -2.12. The first-order valence-electron chi connectivity index (χ1n) is 4.40. The molecule has 0 fully saturated rings. The molecule has 0 spiro atoms. The van der Waals surface area contributed by atoms with Gasteiger partial charge in [-0.3, -0.25) is 4.79 Å². The Morgan fingerprint density at radius 2 is 2.20 bits per heavy atom. The third kappa shape index (κ3) is 3.87. The van der Waals surface area contributed by atoms with E-state index in [2.05, 4.69) is 27.9 Å². The minimum Gasteiger partial charge on any atom is -0.375 e. The lowest BCUT2D eigenvalue weighted by atomic mass is 10.3. The first kappa shape index (κ1) is 12.6. The maximum absolute atomic E-state index is 11.3. The zero-order chi connectivity index (χ0) is 11.4. The van der Waals surface area contributed by atoms with Crippen molar-refractivity contribution in [2.75, 3.05) is 26.0 Å². The van der Waals surface area contributed by atoms with Crippen molar-refractivity contribution in [3.8, 4) is 0 Å². The molecule has 15 heavy (non-hydrogen) atoms. The predicted octanol–water partition coefficient (Wildman–Crippen LogP) is 2.44. The highest BCUT2D eigenvalue weighted by Crippen LogP contribution is 2.21. The normalized spacial score (nSPS) is 9.87. The summed E-state index contributed by atoms with van der Waals surface area (Å²) >= 11 is 8.00. The van der Waals surface area contributed by atoms with Crippen molar-refractivity contribution in [1.29, 1.82) is 0 Å². The number of benzene rings is 1. The first-order chi connectivity index (χ1) is 7.00. The van der Waals surface area contributed by atoms with Gasteiger partial charge in [0.25, 0.3) is 0 Å². The minimum atomic E-state index is 0.0424. The van der Waals surface area contributed by atoms with E-state index >= 15 is 0 Å². The topological polar surface area (TPSA) is 32.3 Å². The molecule has 0 bridgehead atoms. The summed E-state index contributed by atoms with van der Waals surface area (Å²) in [5, 5.41) is 3.76. The molecular formula is C10H12ClIN2O. The van der Waals surface area contributed by atoms with Crippen LogP contribution >= 0.6 is 34.2 Å². The van der Waals surface area contributed by atoms with E-state index in [9.17, 15) is 4.79 Å². The summed E-state index contributed by atoms with van der Waals surface area (Å²) < 4.78 is 1.01. The zero-order valence-corrected chi connectivity index (χ0v) is 11.5. The van der Waals surface area contributed by atoms with Crippen molar-refractivity contribution in [2.24, 2.45) is 0 Å². The average molecular weight is 339 g/mol. The molecule has 0 aliphatic carbocycles. The molecule has 1 aromatic carbocycles. The molecule has 1 aromatic rings. The molecule has 0 unspecified atom stereocenters. The van der Waals surface area contributed by atoms with Crippen LogP contribution in [-0.2, 0) is 4.79 Å². The molecule has 82 valence electrons. The second kappa shape index (κ2) is 5.55. The summed E-state index contributed by atoms with van der Waals surface area (Å²) in [6.45, 7) is 0.296. The molecule has 0 saturated carbocycles. The second-order valence-corrected chi connectivity index (χ2v) is 4.86. The number of anilines is 1. The molecular weight excluding hydrogens is 326 g/mol. The smallest absolute Gasteiger partial charge is 0.241 e. The maximum Gasteiger partial charge on any atom is 0.241 e. The van der Waals surface area contributed by atoms with E-state index in [-0.39, 0.29) is 5.91 Å². The molecule has 0 aliphatic rings. The molecule has 0 atom stereocenters. The van der Waals surface area contributed by atoms with Crippen molar-refractivity contribution in [1.82, 2.24) is 4.90 Å². The Hall–Kier alpha value is -0.490. The quantitative estimate of drug-likeness (QED) is 0.859. The number of hydrogen-bond donors (Lipinski definition) is 1. The van der Waals surface area contributed by atoms with Crippen molar-refractivity contribution < 1.29 is 4.79 Å². The highest BCUT2D eigenvalue weighted by atomic mass is 127. The summed E-state index contributed by atoms with van der Waals surface area (Å²) in [6.07, 6.45) is 0. The van der Waals surface area contributed by atoms with Crippen molar-refractivity contribution in [3.05, 3.63) is 26.8 Å². The Morgan fingerprint density at radius 1 is 1.53 bits per heavy atom. The Bertz CT molecular complexity index is 368. The Morgan fingerprint density at radius 3 is 2.73 bits per heavy atom. The third-order valence-electron chi connectivity index (χ3n) is 1.86. The average Bonchev–Trinajstić information content (AvgIpc) is 2.15. The highest BCUT2D eigenvalue weighted by Gasteiger charge is 2.05. The lowest BCUT2D eigenvalue weighted by Crippen LogP contribution is -2.28. The fourth-order valence-electron chi connectivity index (χ4n) is 0.962. The van der Waals surface area contributed by atoms with Crippen LogP contribution in [0.4, 0.5) is 5.69 Å². The summed E-state index contributed by atoms with van der Waals surface area (Å²) in [5.41, 5.74) is 0.926. The van der Waals surface area contributed by atoms with Gasteiger partial charge in [0, 0.05) is 28.4 Å². The van der Waals surface area contributed by atoms with Gasteiger partial charge in [-0.05, 0) is 40.8 Å². The summed E-state index contributed by atoms with van der Waals surface area (Å²) in [4.78, 5) is 12.9. The lowest BCUT2D eigenvalue weighted by molar-refractivity contribution is -0.126. The molecule has 1 amide bonds. The number of hydrogen-bond acceptors (Lipinski definition) is 2. The maximum atomic E-state index is 11.3. The Balaban J connectivity index is 2.62. The van der Waals surface area contributed by atoms with Gasteiger partial charge in [-0.25, -0.2) is 0 Å². The fraction of sp³-hybridized carbons (Fsp3) is 0.300. The van der Waals surface area contributed by atoms with E-state index in [4.69, 9.17) is 11.6 Å². The number of carbonyl (C=O) groups is 1. The van der Waals surface area contributed by atoms with E-state index in [1.807, 2.05) is 12.1 Å². The monoisotopic (exact) mass is 338 g/mol. The van der Waals surface area contributed by atoms with Crippen LogP contribution in [0, 0.1) is 3.57 Å². The van der Waals surface area contributed by atoms with Crippen molar-refractivity contribution in [2.45, 2.75) is 0 Å². The van der Waals surface area contributed by atoms with Gasteiger partial charge in [0.15, 0.2) is 0 Å². The van der Waals surface area contributed by atoms with Gasteiger partial charge < -0.3 is 10.2 Å². The largest absolute Gasteiger partial charge is 0.375 e. The molecule has 1 N–H and O–H groups in total. The molecule has 0 aromatic heterocycles. The number of carbonyl (C=O) groups excluding carboxylic acids is 1. The van der Waals surface area contributed by atoms with Gasteiger partial charge in [-0.15, -0.1) is 0 Å².